The van der Waals surface area contributed by atoms with Gasteiger partial charge >= 0.3 is 5.97 Å². The molecule has 0 bridgehead atoms. The third-order valence-electron chi connectivity index (χ3n) is 6.46. The molecule has 2 fully saturated rings. The number of hydrogen-bond donors (Lipinski definition) is 0. The molecule has 0 unspecified atom stereocenters. The Kier molecular flexibility index (Phi) is 6.49. The quantitative estimate of drug-likeness (QED) is 0.661. The zero-order valence-corrected chi connectivity index (χ0v) is 18.9. The summed E-state index contributed by atoms with van der Waals surface area (Å²) in [5, 5.41) is 20.1. The van der Waals surface area contributed by atoms with Crippen molar-refractivity contribution >= 4 is 5.97 Å². The molecule has 7 nitrogen and oxygen atoms in total. The maximum atomic E-state index is 13.0. The second-order valence-corrected chi connectivity index (χ2v) is 8.81. The molecule has 0 spiro atoms. The molecule has 2 aromatic carbocycles. The Bertz CT molecular complexity index is 1060. The first-order chi connectivity index (χ1) is 15.9. The molecule has 7 heteroatoms. The number of rotatable bonds is 4. The molecule has 6 atom stereocenters. The number of nitriles is 2. The summed E-state index contributed by atoms with van der Waals surface area (Å²) in [5.74, 6) is -2.97. The van der Waals surface area contributed by atoms with Gasteiger partial charge in [-0.25, -0.2) is 0 Å². The normalized spacial score (nSPS) is 31.3. The standard InChI is InChI=1S/C26H27N3O4/c1-26(2)32-16-21(24(33-26)18-12-8-5-9-13-18)29-22(17-10-6-4-7-11-17)19(14-27)20(15-28)23(29)25(30)31-3/h4-13,19-24H,16H2,1-3H3/t19-,20-,21-,22+,23-,24-/m0/s1. The topological polar surface area (TPSA) is 95.6 Å². The van der Waals surface area contributed by atoms with Crippen molar-refractivity contribution in [2.24, 2.45) is 11.8 Å². The highest BCUT2D eigenvalue weighted by molar-refractivity contribution is 5.77. The first-order valence-electron chi connectivity index (χ1n) is 11.0. The lowest BCUT2D eigenvalue weighted by atomic mass is 9.86. The van der Waals surface area contributed by atoms with E-state index in [1.54, 1.807) is 0 Å². The third kappa shape index (κ3) is 4.24. The molecule has 2 aliphatic rings. The number of carbonyl (C=O) groups is 1. The second-order valence-electron chi connectivity index (χ2n) is 8.81. The summed E-state index contributed by atoms with van der Waals surface area (Å²) in [6.45, 7) is 3.97. The van der Waals surface area contributed by atoms with Crippen LogP contribution in [0.15, 0.2) is 60.7 Å². The van der Waals surface area contributed by atoms with Crippen LogP contribution in [0.1, 0.15) is 37.1 Å². The maximum absolute atomic E-state index is 13.0. The van der Waals surface area contributed by atoms with Crippen LogP contribution in [0.3, 0.4) is 0 Å². The van der Waals surface area contributed by atoms with E-state index in [4.69, 9.17) is 14.2 Å². The van der Waals surface area contributed by atoms with Gasteiger partial charge in [-0.3, -0.25) is 9.69 Å². The summed E-state index contributed by atoms with van der Waals surface area (Å²) in [4.78, 5) is 15.0. The highest BCUT2D eigenvalue weighted by Gasteiger charge is 2.58. The van der Waals surface area contributed by atoms with E-state index in [9.17, 15) is 15.3 Å². The van der Waals surface area contributed by atoms with Gasteiger partial charge in [0.1, 0.15) is 12.1 Å². The molecule has 2 aromatic rings. The van der Waals surface area contributed by atoms with Gasteiger partial charge in [0.15, 0.2) is 5.79 Å². The van der Waals surface area contributed by atoms with Gasteiger partial charge in [-0.1, -0.05) is 60.7 Å². The van der Waals surface area contributed by atoms with Crippen molar-refractivity contribution in [3.05, 3.63) is 71.8 Å². The van der Waals surface area contributed by atoms with E-state index in [1.807, 2.05) is 79.4 Å². The molecule has 0 saturated carbocycles. The van der Waals surface area contributed by atoms with Gasteiger partial charge in [-0.05, 0) is 25.0 Å². The molecule has 0 amide bonds. The summed E-state index contributed by atoms with van der Waals surface area (Å²) in [7, 11) is 1.30. The minimum atomic E-state index is -0.931. The van der Waals surface area contributed by atoms with Crippen molar-refractivity contribution in [2.45, 2.75) is 43.9 Å². The number of hydrogen-bond acceptors (Lipinski definition) is 7. The molecule has 2 saturated heterocycles. The highest BCUT2D eigenvalue weighted by Crippen LogP contribution is 2.49. The number of likely N-dealkylation sites (tertiary alicyclic amines) is 1. The molecule has 4 rings (SSSR count). The lowest BCUT2D eigenvalue weighted by Gasteiger charge is -2.47. The first kappa shape index (κ1) is 22.9. The van der Waals surface area contributed by atoms with Gasteiger partial charge < -0.3 is 14.2 Å². The van der Waals surface area contributed by atoms with Crippen LogP contribution in [0, 0.1) is 34.5 Å². The van der Waals surface area contributed by atoms with Crippen LogP contribution in [0.2, 0.25) is 0 Å². The Morgan fingerprint density at radius 2 is 1.58 bits per heavy atom. The van der Waals surface area contributed by atoms with E-state index < -0.39 is 47.8 Å². The summed E-state index contributed by atoms with van der Waals surface area (Å²) < 4.78 is 17.6. The fourth-order valence-electron chi connectivity index (χ4n) is 5.04. The SMILES string of the molecule is COC(=O)[C@@H]1[C@@H](C#N)[C@H](C#N)[C@@H](c2ccccc2)N1[C@H]1COC(C)(C)O[C@H]1c1ccccc1. The van der Waals surface area contributed by atoms with Gasteiger partial charge in [0.05, 0.1) is 49.8 Å². The minimum absolute atomic E-state index is 0.264. The van der Waals surface area contributed by atoms with Gasteiger partial charge in [0.25, 0.3) is 0 Å². The lowest BCUT2D eigenvalue weighted by molar-refractivity contribution is -0.300. The number of ether oxygens (including phenoxy) is 3. The predicted octanol–water partition coefficient (Wildman–Crippen LogP) is 3.76. The van der Waals surface area contributed by atoms with Crippen LogP contribution >= 0.6 is 0 Å². The van der Waals surface area contributed by atoms with Crippen LogP contribution in [0.4, 0.5) is 0 Å². The molecule has 33 heavy (non-hydrogen) atoms. The van der Waals surface area contributed by atoms with Crippen molar-refractivity contribution in [3.8, 4) is 12.1 Å². The summed E-state index contributed by atoms with van der Waals surface area (Å²) in [6.07, 6.45) is -0.440. The number of nitrogens with zero attached hydrogens (tertiary/aromatic N) is 3. The molecule has 0 aliphatic carbocycles. The van der Waals surface area contributed by atoms with Gasteiger partial charge in [-0.15, -0.1) is 0 Å². The Hall–Kier alpha value is -3.23. The van der Waals surface area contributed by atoms with E-state index in [0.717, 1.165) is 11.1 Å². The van der Waals surface area contributed by atoms with Crippen LogP contribution < -0.4 is 0 Å². The monoisotopic (exact) mass is 445 g/mol. The van der Waals surface area contributed by atoms with Crippen molar-refractivity contribution in [3.63, 3.8) is 0 Å². The number of esters is 1. The molecule has 2 aliphatic heterocycles. The summed E-state index contributed by atoms with van der Waals surface area (Å²) in [6, 6.07) is 21.9. The Labute approximate surface area is 194 Å². The number of carbonyl (C=O) groups excluding carboxylic acids is 1. The molecule has 2 heterocycles. The molecule has 0 aromatic heterocycles. The second kappa shape index (κ2) is 9.33. The minimum Gasteiger partial charge on any atom is -0.468 e. The van der Waals surface area contributed by atoms with Crippen LogP contribution in [0.25, 0.3) is 0 Å². The van der Waals surface area contributed by atoms with E-state index in [1.165, 1.54) is 7.11 Å². The molecular formula is C26H27N3O4. The first-order valence-corrected chi connectivity index (χ1v) is 11.0. The Morgan fingerprint density at radius 3 is 2.12 bits per heavy atom. The van der Waals surface area contributed by atoms with Crippen LogP contribution in [-0.4, -0.2) is 42.5 Å². The van der Waals surface area contributed by atoms with Crippen molar-refractivity contribution in [1.29, 1.82) is 10.5 Å². The number of benzene rings is 2. The summed E-state index contributed by atoms with van der Waals surface area (Å²) in [5.41, 5.74) is 1.79. The lowest BCUT2D eigenvalue weighted by Crippen LogP contribution is -2.56. The predicted molar refractivity (Wildman–Crippen MR) is 119 cm³/mol. The van der Waals surface area contributed by atoms with Crippen LogP contribution in [0.5, 0.6) is 0 Å². The van der Waals surface area contributed by atoms with Crippen molar-refractivity contribution < 1.29 is 19.0 Å². The van der Waals surface area contributed by atoms with Gasteiger partial charge in [0, 0.05) is 0 Å². The van der Waals surface area contributed by atoms with Gasteiger partial charge in [0.2, 0.25) is 0 Å². The maximum Gasteiger partial charge on any atom is 0.324 e. The highest BCUT2D eigenvalue weighted by atomic mass is 16.7. The van der Waals surface area contributed by atoms with E-state index in [2.05, 4.69) is 12.1 Å². The Balaban J connectivity index is 1.88. The number of methoxy groups -OCH3 is 1. The summed E-state index contributed by atoms with van der Waals surface area (Å²) >= 11 is 0. The van der Waals surface area contributed by atoms with E-state index >= 15 is 0 Å². The van der Waals surface area contributed by atoms with Crippen molar-refractivity contribution in [1.82, 2.24) is 4.90 Å². The van der Waals surface area contributed by atoms with E-state index in [0.29, 0.717) is 0 Å². The largest absolute Gasteiger partial charge is 0.468 e. The average Bonchev–Trinajstić information content (AvgIpc) is 3.18. The Morgan fingerprint density at radius 1 is 1.00 bits per heavy atom. The average molecular weight is 446 g/mol. The van der Waals surface area contributed by atoms with Crippen molar-refractivity contribution in [2.75, 3.05) is 13.7 Å². The smallest absolute Gasteiger partial charge is 0.324 e. The molecular weight excluding hydrogens is 418 g/mol. The molecule has 0 radical (unpaired) electrons. The third-order valence-corrected chi connectivity index (χ3v) is 6.46. The van der Waals surface area contributed by atoms with Crippen LogP contribution in [-0.2, 0) is 19.0 Å². The fourth-order valence-corrected chi connectivity index (χ4v) is 5.04. The fraction of sp³-hybridized carbons (Fsp3) is 0.423. The van der Waals surface area contributed by atoms with E-state index in [-0.39, 0.29) is 6.61 Å². The van der Waals surface area contributed by atoms with Gasteiger partial charge in [-0.2, -0.15) is 10.5 Å². The zero-order valence-electron chi connectivity index (χ0n) is 18.9. The molecule has 170 valence electrons. The zero-order chi connectivity index (χ0) is 23.6. The molecule has 0 N–H and O–H groups in total.